The number of nitrogens with one attached hydrogen (secondary N) is 2. The quantitative estimate of drug-likeness (QED) is 0.220. The van der Waals surface area contributed by atoms with Crippen molar-refractivity contribution in [2.45, 2.75) is 85.1 Å². The topological polar surface area (TPSA) is 123 Å². The molecular weight excluding hydrogens is 686 g/mol. The fourth-order valence-electron chi connectivity index (χ4n) is 3.28. The summed E-state index contributed by atoms with van der Waals surface area (Å²) < 4.78 is 12.2. The Morgan fingerprint density at radius 2 is 1.19 bits per heavy atom. The van der Waals surface area contributed by atoms with Crippen molar-refractivity contribution in [1.29, 1.82) is 0 Å². The van der Waals surface area contributed by atoms with Gasteiger partial charge in [0, 0.05) is 22.4 Å². The molecule has 12 heteroatoms. The van der Waals surface area contributed by atoms with Crippen LogP contribution in [0, 0.1) is 0 Å². The number of benzene rings is 2. The molecule has 0 aliphatic carbocycles. The number of carbonyl (C=O) groups is 4. The molecule has 0 aliphatic heterocycles. The lowest BCUT2D eigenvalue weighted by Gasteiger charge is -2.25. The average molecular weight is 732 g/mol. The molecule has 0 unspecified atom stereocenters. The Hall–Kier alpha value is -2.96. The zero-order valence-corrected chi connectivity index (χ0v) is 28.5. The van der Waals surface area contributed by atoms with Crippen molar-refractivity contribution in [3.05, 3.63) is 68.6 Å². The van der Waals surface area contributed by atoms with Crippen LogP contribution in [0.15, 0.2) is 57.5 Å². The van der Waals surface area contributed by atoms with Gasteiger partial charge < -0.3 is 24.9 Å². The van der Waals surface area contributed by atoms with Crippen LogP contribution in [0.25, 0.3) is 0 Å². The Bertz CT molecular complexity index is 1160. The number of ether oxygens (including phenoxy) is 2. The Morgan fingerprint density at radius 3 is 1.56 bits per heavy atom. The molecule has 0 bridgehead atoms. The van der Waals surface area contributed by atoms with E-state index in [1.807, 2.05) is 48.5 Å². The number of hydrogen-bond donors (Lipinski definition) is 2. The lowest BCUT2D eigenvalue weighted by Crippen LogP contribution is -2.49. The Balaban J connectivity index is 0.000000815. The Labute approximate surface area is 272 Å². The molecule has 2 atom stereocenters. The predicted octanol–water partition coefficient (Wildman–Crippen LogP) is 6.62. The zero-order valence-electron chi connectivity index (χ0n) is 25.3. The number of alkyl carbamates (subject to hydrolysis) is 2. The lowest BCUT2D eigenvalue weighted by molar-refractivity contribution is -0.171. The van der Waals surface area contributed by atoms with Crippen LogP contribution in [0.1, 0.15) is 60.1 Å². The number of hydroxylamine groups is 2. The third-order valence-corrected chi connectivity index (χ3v) is 6.22. The highest BCUT2D eigenvalue weighted by Gasteiger charge is 2.27. The van der Waals surface area contributed by atoms with E-state index in [1.165, 1.54) is 14.2 Å². The number of hydrogen-bond acceptors (Lipinski definition) is 7. The molecule has 2 rings (SSSR count). The molecule has 0 aliphatic rings. The van der Waals surface area contributed by atoms with Gasteiger partial charge in [0.15, 0.2) is 0 Å². The Kier molecular flexibility index (Phi) is 17.4. The van der Waals surface area contributed by atoms with Crippen LogP contribution in [0.5, 0.6) is 0 Å². The molecule has 3 amide bonds. The molecule has 0 saturated heterocycles. The highest BCUT2D eigenvalue weighted by Crippen LogP contribution is 2.14. The minimum absolute atomic E-state index is 0. The maximum Gasteiger partial charge on any atom is 0.408 e. The number of likely N-dealkylation sites (N-methyl/N-ethyl adjacent to an activating group) is 1. The van der Waals surface area contributed by atoms with E-state index in [0.29, 0.717) is 19.1 Å². The van der Waals surface area contributed by atoms with E-state index in [0.717, 1.165) is 25.1 Å². The summed E-state index contributed by atoms with van der Waals surface area (Å²) in [6.45, 7) is 10.6. The highest BCUT2D eigenvalue weighted by atomic mass is 79.9. The third-order valence-electron chi connectivity index (χ3n) is 5.16. The SMILES string of the molecule is C.CC(C)(C)OC(=O)N[C@@H](C=O)Cc1ccc(Br)cc1.CON(C)C(=O)[C@@H](Cc1ccc(Br)cc1)NC(=O)OC(C)(C)C. The van der Waals surface area contributed by atoms with E-state index in [-0.39, 0.29) is 13.3 Å². The maximum absolute atomic E-state index is 12.4. The van der Waals surface area contributed by atoms with Gasteiger partial charge in [-0.1, -0.05) is 63.6 Å². The summed E-state index contributed by atoms with van der Waals surface area (Å²) in [4.78, 5) is 51.8. The monoisotopic (exact) mass is 729 g/mol. The fourth-order valence-corrected chi connectivity index (χ4v) is 3.81. The van der Waals surface area contributed by atoms with E-state index in [9.17, 15) is 19.2 Å². The second-order valence-electron chi connectivity index (χ2n) is 11.3. The van der Waals surface area contributed by atoms with Gasteiger partial charge in [-0.2, -0.15) is 0 Å². The van der Waals surface area contributed by atoms with E-state index < -0.39 is 35.5 Å². The van der Waals surface area contributed by atoms with Crippen LogP contribution in [0.2, 0.25) is 0 Å². The van der Waals surface area contributed by atoms with Crippen LogP contribution in [0.4, 0.5) is 9.59 Å². The van der Waals surface area contributed by atoms with Gasteiger partial charge in [-0.05, 0) is 83.4 Å². The standard InChI is InChI=1S/C16H23BrN2O4.C14H18BrNO3.CH4/c1-16(2,3)23-15(21)18-13(14(20)19(4)22-5)10-11-6-8-12(17)9-7-11;1-14(2,3)19-13(18)16-12(9-17)8-10-4-6-11(15)7-5-10;/h6-9,13H,10H2,1-5H3,(H,18,21);4-7,9,12H,8H2,1-3H3,(H,16,18);1H4/t13-;12-;/m11./s1. The molecular formula is C31H45Br2N3O7. The van der Waals surface area contributed by atoms with Gasteiger partial charge in [-0.15, -0.1) is 0 Å². The first-order chi connectivity index (χ1) is 19.4. The van der Waals surface area contributed by atoms with E-state index >= 15 is 0 Å². The van der Waals surface area contributed by atoms with Gasteiger partial charge in [0.25, 0.3) is 5.91 Å². The first kappa shape index (κ1) is 40.0. The minimum atomic E-state index is -0.782. The summed E-state index contributed by atoms with van der Waals surface area (Å²) in [7, 11) is 2.88. The zero-order chi connectivity index (χ0) is 32.1. The maximum atomic E-state index is 12.4. The molecule has 0 spiro atoms. The summed E-state index contributed by atoms with van der Waals surface area (Å²) in [5.41, 5.74) is 0.667. The van der Waals surface area contributed by atoms with Crippen molar-refractivity contribution in [3.8, 4) is 0 Å². The molecule has 2 N–H and O–H groups in total. The number of aldehydes is 1. The average Bonchev–Trinajstić information content (AvgIpc) is 2.87. The van der Waals surface area contributed by atoms with Gasteiger partial charge in [-0.25, -0.2) is 14.7 Å². The molecule has 0 radical (unpaired) electrons. The molecule has 0 fully saturated rings. The number of carbonyl (C=O) groups excluding carboxylic acids is 4. The molecule has 0 saturated carbocycles. The van der Waals surface area contributed by atoms with Crippen LogP contribution in [-0.2, 0) is 36.7 Å². The van der Waals surface area contributed by atoms with Gasteiger partial charge in [-0.3, -0.25) is 9.63 Å². The molecule has 2 aromatic carbocycles. The molecule has 240 valence electrons. The van der Waals surface area contributed by atoms with Gasteiger partial charge in [0.1, 0.15) is 23.5 Å². The molecule has 0 aromatic heterocycles. The Morgan fingerprint density at radius 1 is 0.791 bits per heavy atom. The number of halogens is 2. The van der Waals surface area contributed by atoms with Crippen molar-refractivity contribution in [3.63, 3.8) is 0 Å². The van der Waals surface area contributed by atoms with Crippen LogP contribution in [0.3, 0.4) is 0 Å². The van der Waals surface area contributed by atoms with Crippen LogP contribution in [-0.4, -0.2) is 66.9 Å². The first-order valence-corrected chi connectivity index (χ1v) is 14.8. The summed E-state index contributed by atoms with van der Waals surface area (Å²) in [6, 6.07) is 13.7. The smallest absolute Gasteiger partial charge is 0.408 e. The molecule has 10 nitrogen and oxygen atoms in total. The number of rotatable bonds is 9. The van der Waals surface area contributed by atoms with E-state index in [1.54, 1.807) is 41.5 Å². The first-order valence-electron chi connectivity index (χ1n) is 13.2. The molecule has 43 heavy (non-hydrogen) atoms. The van der Waals surface area contributed by atoms with Crippen molar-refractivity contribution < 1.29 is 33.5 Å². The van der Waals surface area contributed by atoms with Crippen LogP contribution >= 0.6 is 31.9 Å². The predicted molar refractivity (Wildman–Crippen MR) is 175 cm³/mol. The normalized spacial score (nSPS) is 12.2. The second-order valence-corrected chi connectivity index (χ2v) is 13.1. The minimum Gasteiger partial charge on any atom is -0.444 e. The second kappa shape index (κ2) is 18.6. The number of nitrogens with zero attached hydrogens (tertiary/aromatic N) is 1. The van der Waals surface area contributed by atoms with Crippen molar-refractivity contribution >= 4 is 56.2 Å². The fraction of sp³-hybridized carbons (Fsp3) is 0.484. The van der Waals surface area contributed by atoms with E-state index in [4.69, 9.17) is 14.3 Å². The van der Waals surface area contributed by atoms with Crippen molar-refractivity contribution in [1.82, 2.24) is 15.7 Å². The van der Waals surface area contributed by atoms with Gasteiger partial charge in [0.05, 0.1) is 13.2 Å². The summed E-state index contributed by atoms with van der Waals surface area (Å²) >= 11 is 6.71. The van der Waals surface area contributed by atoms with Gasteiger partial charge >= 0.3 is 12.2 Å². The van der Waals surface area contributed by atoms with E-state index in [2.05, 4.69) is 42.5 Å². The van der Waals surface area contributed by atoms with Crippen LogP contribution < -0.4 is 10.6 Å². The summed E-state index contributed by atoms with van der Waals surface area (Å²) in [5, 5.41) is 6.24. The highest BCUT2D eigenvalue weighted by molar-refractivity contribution is 9.10. The molecule has 0 heterocycles. The third kappa shape index (κ3) is 17.7. The summed E-state index contributed by atoms with van der Waals surface area (Å²) in [6.07, 6.45) is 0.264. The lowest BCUT2D eigenvalue weighted by atomic mass is 10.1. The van der Waals surface area contributed by atoms with Crippen molar-refractivity contribution in [2.75, 3.05) is 14.2 Å². The number of amides is 3. The summed E-state index contributed by atoms with van der Waals surface area (Å²) in [5.74, 6) is -0.360. The largest absolute Gasteiger partial charge is 0.444 e. The molecule has 2 aromatic rings. The van der Waals surface area contributed by atoms with Crippen molar-refractivity contribution in [2.24, 2.45) is 0 Å². The van der Waals surface area contributed by atoms with Gasteiger partial charge in [0.2, 0.25) is 0 Å².